The highest BCUT2D eigenvalue weighted by molar-refractivity contribution is 7.26. The van der Waals surface area contributed by atoms with Gasteiger partial charge in [-0.05, 0) is 47.0 Å². The van der Waals surface area contributed by atoms with Crippen molar-refractivity contribution in [3.63, 3.8) is 0 Å². The van der Waals surface area contributed by atoms with Gasteiger partial charge in [0.05, 0.1) is 11.4 Å². The van der Waals surface area contributed by atoms with Crippen LogP contribution in [0.25, 0.3) is 65.2 Å². The minimum absolute atomic E-state index is 0.250. The molecule has 1 unspecified atom stereocenters. The lowest BCUT2D eigenvalue weighted by Gasteiger charge is -2.23. The molecular weight excluding hydrogens is 691 g/mol. The van der Waals surface area contributed by atoms with Crippen molar-refractivity contribution in [1.29, 1.82) is 0 Å². The van der Waals surface area contributed by atoms with Crippen LogP contribution in [0.1, 0.15) is 22.9 Å². The average molecular weight is 724 g/mol. The van der Waals surface area contributed by atoms with Gasteiger partial charge in [0.25, 0.3) is 0 Å². The molecule has 1 aliphatic heterocycles. The molecule has 0 fully saturated rings. The molecule has 6 heteroatoms. The Morgan fingerprint density at radius 1 is 0.455 bits per heavy atom. The predicted molar refractivity (Wildman–Crippen MR) is 228 cm³/mol. The van der Waals surface area contributed by atoms with E-state index < -0.39 is 0 Å². The Hall–Kier alpha value is -7.02. The van der Waals surface area contributed by atoms with E-state index in [2.05, 4.69) is 133 Å². The van der Waals surface area contributed by atoms with Crippen LogP contribution in [0.4, 0.5) is 0 Å². The summed E-state index contributed by atoms with van der Waals surface area (Å²) in [6.45, 7) is 0. The molecule has 2 aromatic heterocycles. The van der Waals surface area contributed by atoms with Gasteiger partial charge in [-0.2, -0.15) is 0 Å². The number of amidine groups is 2. The van der Waals surface area contributed by atoms with Crippen LogP contribution in [0, 0.1) is 0 Å². The summed E-state index contributed by atoms with van der Waals surface area (Å²) in [6, 6.07) is 65.2. The fourth-order valence-electron chi connectivity index (χ4n) is 7.21. The predicted octanol–water partition coefficient (Wildman–Crippen LogP) is 12.0. The van der Waals surface area contributed by atoms with Crippen molar-refractivity contribution < 1.29 is 0 Å². The zero-order chi connectivity index (χ0) is 36.6. The number of aliphatic imine (C=N–C) groups is 2. The van der Waals surface area contributed by atoms with Crippen LogP contribution < -0.4 is 5.32 Å². The fourth-order valence-corrected chi connectivity index (χ4v) is 8.42. The number of rotatable bonds is 7. The van der Waals surface area contributed by atoms with Crippen LogP contribution in [0.5, 0.6) is 0 Å². The van der Waals surface area contributed by atoms with Crippen molar-refractivity contribution in [2.75, 3.05) is 0 Å². The first-order chi connectivity index (χ1) is 27.2. The molecule has 1 aliphatic rings. The molecule has 7 aromatic carbocycles. The maximum absolute atomic E-state index is 5.10. The molecule has 9 aromatic rings. The largest absolute Gasteiger partial charge is 0.344 e. The minimum Gasteiger partial charge on any atom is -0.344 e. The molecule has 260 valence electrons. The van der Waals surface area contributed by atoms with E-state index in [1.807, 2.05) is 72.0 Å². The monoisotopic (exact) mass is 723 g/mol. The van der Waals surface area contributed by atoms with Gasteiger partial charge in [0.1, 0.15) is 12.0 Å². The fraction of sp³-hybridized carbons (Fsp3) is 0.0204. The number of hydrogen-bond donors (Lipinski definition) is 1. The highest BCUT2D eigenvalue weighted by atomic mass is 32.1. The summed E-state index contributed by atoms with van der Waals surface area (Å²) in [7, 11) is 0. The SMILES string of the molecule is c1ccc(C2=NC(c3ccccc3)NC(c3ccc4sc5c(-c6cccc(-c7cc(-c8ccccc8)nc(-c8ccccc8)n7)c6)cccc5c4c3)=N2)cc1. The van der Waals surface area contributed by atoms with Crippen molar-refractivity contribution in [3.05, 3.63) is 205 Å². The van der Waals surface area contributed by atoms with Gasteiger partial charge in [0.15, 0.2) is 11.7 Å². The second-order valence-corrected chi connectivity index (χ2v) is 14.6. The number of fused-ring (bicyclic) bond motifs is 3. The molecule has 0 bridgehead atoms. The standard InChI is InChI=1S/C49H33N5S/c1-5-15-32(16-6-1)42-31-43(51-46(50-42)33-17-7-2-8-18-33)37-24-13-23-36(29-37)39-25-14-26-40-41-30-38(27-28-44(41)55-45(39)40)49-53-47(34-19-9-3-10-20-34)52-48(54-49)35-21-11-4-12-22-35/h1-31,47H,(H,52,53,54). The normalized spacial score (nSPS) is 14.0. The van der Waals surface area contributed by atoms with E-state index in [0.717, 1.165) is 62.0 Å². The Morgan fingerprint density at radius 3 is 1.82 bits per heavy atom. The second-order valence-electron chi connectivity index (χ2n) is 13.5. The zero-order valence-electron chi connectivity index (χ0n) is 29.7. The first-order valence-electron chi connectivity index (χ1n) is 18.3. The van der Waals surface area contributed by atoms with Gasteiger partial charge in [-0.15, -0.1) is 11.3 Å². The lowest BCUT2D eigenvalue weighted by molar-refractivity contribution is 0.674. The van der Waals surface area contributed by atoms with Crippen LogP contribution in [0.3, 0.4) is 0 Å². The summed E-state index contributed by atoms with van der Waals surface area (Å²) >= 11 is 1.82. The molecule has 5 nitrogen and oxygen atoms in total. The van der Waals surface area contributed by atoms with E-state index in [1.54, 1.807) is 0 Å². The summed E-state index contributed by atoms with van der Waals surface area (Å²) < 4.78 is 2.47. The molecule has 0 amide bonds. The number of benzene rings is 7. The van der Waals surface area contributed by atoms with E-state index in [4.69, 9.17) is 20.0 Å². The highest BCUT2D eigenvalue weighted by Gasteiger charge is 2.22. The van der Waals surface area contributed by atoms with Gasteiger partial charge in [-0.1, -0.05) is 158 Å². The first-order valence-corrected chi connectivity index (χ1v) is 19.1. The molecule has 10 rings (SSSR count). The maximum Gasteiger partial charge on any atom is 0.160 e. The molecule has 3 heterocycles. The summed E-state index contributed by atoms with van der Waals surface area (Å²) in [5.74, 6) is 2.23. The molecular formula is C49H33N5S. The van der Waals surface area contributed by atoms with Gasteiger partial charge < -0.3 is 5.32 Å². The van der Waals surface area contributed by atoms with Crippen LogP contribution in [-0.2, 0) is 0 Å². The van der Waals surface area contributed by atoms with Gasteiger partial charge in [-0.3, -0.25) is 0 Å². The van der Waals surface area contributed by atoms with Gasteiger partial charge in [0.2, 0.25) is 0 Å². The molecule has 55 heavy (non-hydrogen) atoms. The van der Waals surface area contributed by atoms with Crippen molar-refractivity contribution in [3.8, 4) is 45.0 Å². The third-order valence-electron chi connectivity index (χ3n) is 9.96. The number of thiophene rings is 1. The van der Waals surface area contributed by atoms with E-state index in [1.165, 1.54) is 25.7 Å². The molecule has 0 radical (unpaired) electrons. The number of nitrogens with one attached hydrogen (secondary N) is 1. The molecule has 1 atom stereocenters. The van der Waals surface area contributed by atoms with Crippen molar-refractivity contribution in [2.24, 2.45) is 9.98 Å². The number of aromatic nitrogens is 2. The third kappa shape index (κ3) is 6.39. The number of nitrogens with zero attached hydrogens (tertiary/aromatic N) is 4. The highest BCUT2D eigenvalue weighted by Crippen LogP contribution is 2.41. The Labute approximate surface area is 323 Å². The van der Waals surface area contributed by atoms with Gasteiger partial charge in [0, 0.05) is 48.0 Å². The lowest BCUT2D eigenvalue weighted by atomic mass is 9.98. The molecule has 0 saturated carbocycles. The second kappa shape index (κ2) is 14.1. The summed E-state index contributed by atoms with van der Waals surface area (Å²) in [5.41, 5.74) is 10.3. The van der Waals surface area contributed by atoms with E-state index in [0.29, 0.717) is 5.82 Å². The van der Waals surface area contributed by atoms with Crippen LogP contribution in [0.15, 0.2) is 198 Å². The minimum atomic E-state index is -0.250. The smallest absolute Gasteiger partial charge is 0.160 e. The van der Waals surface area contributed by atoms with Crippen molar-refractivity contribution >= 4 is 43.2 Å². The van der Waals surface area contributed by atoms with Crippen molar-refractivity contribution in [2.45, 2.75) is 6.17 Å². The maximum atomic E-state index is 5.10. The lowest BCUT2D eigenvalue weighted by Crippen LogP contribution is -2.33. The van der Waals surface area contributed by atoms with Crippen molar-refractivity contribution in [1.82, 2.24) is 15.3 Å². The topological polar surface area (TPSA) is 62.5 Å². The Kier molecular flexibility index (Phi) is 8.35. The van der Waals surface area contributed by atoms with E-state index in [9.17, 15) is 0 Å². The number of hydrogen-bond acceptors (Lipinski definition) is 6. The Morgan fingerprint density at radius 2 is 1.07 bits per heavy atom. The molecule has 0 saturated heterocycles. The molecule has 0 spiro atoms. The zero-order valence-corrected chi connectivity index (χ0v) is 30.5. The third-order valence-corrected chi connectivity index (χ3v) is 11.2. The van der Waals surface area contributed by atoms with E-state index in [-0.39, 0.29) is 6.17 Å². The van der Waals surface area contributed by atoms with Crippen LogP contribution >= 0.6 is 11.3 Å². The Balaban J connectivity index is 1.05. The van der Waals surface area contributed by atoms with Crippen LogP contribution in [-0.4, -0.2) is 21.6 Å². The molecule has 0 aliphatic carbocycles. The average Bonchev–Trinajstić information content (AvgIpc) is 3.66. The summed E-state index contributed by atoms with van der Waals surface area (Å²) in [6.07, 6.45) is -0.250. The summed E-state index contributed by atoms with van der Waals surface area (Å²) in [4.78, 5) is 20.2. The quantitative estimate of drug-likeness (QED) is 0.178. The Bertz CT molecular complexity index is 2830. The molecule has 1 N–H and O–H groups in total. The van der Waals surface area contributed by atoms with Crippen LogP contribution in [0.2, 0.25) is 0 Å². The first kappa shape index (κ1) is 32.6. The van der Waals surface area contributed by atoms with Gasteiger partial charge >= 0.3 is 0 Å². The van der Waals surface area contributed by atoms with E-state index >= 15 is 0 Å². The summed E-state index contributed by atoms with van der Waals surface area (Å²) in [5, 5.41) is 6.06. The van der Waals surface area contributed by atoms with Gasteiger partial charge in [-0.25, -0.2) is 20.0 Å².